The zero-order valence-corrected chi connectivity index (χ0v) is 8.63. The summed E-state index contributed by atoms with van der Waals surface area (Å²) in [5.41, 5.74) is 6.23. The van der Waals surface area contributed by atoms with Gasteiger partial charge in [0.05, 0.1) is 6.04 Å². The van der Waals surface area contributed by atoms with Gasteiger partial charge in [-0.3, -0.25) is 4.79 Å². The zero-order chi connectivity index (χ0) is 11.6. The van der Waals surface area contributed by atoms with Gasteiger partial charge in [-0.1, -0.05) is 12.1 Å². The van der Waals surface area contributed by atoms with Gasteiger partial charge in [-0.25, -0.2) is 8.78 Å². The third kappa shape index (κ3) is 2.59. The standard InChI is InChI=1S/C11H13F2NO/c1-6-3-4-8(11(12)13)5-9(6)10(15)7(2)14/h3-5,7,11H,14H2,1-2H3. The van der Waals surface area contributed by atoms with Crippen molar-refractivity contribution in [1.29, 1.82) is 0 Å². The number of nitrogens with two attached hydrogens (primary N) is 1. The van der Waals surface area contributed by atoms with Gasteiger partial charge in [-0.2, -0.15) is 0 Å². The van der Waals surface area contributed by atoms with Gasteiger partial charge in [-0.05, 0) is 25.5 Å². The number of carbonyl (C=O) groups excluding carboxylic acids is 1. The van der Waals surface area contributed by atoms with Crippen molar-refractivity contribution >= 4 is 5.78 Å². The topological polar surface area (TPSA) is 43.1 Å². The Balaban J connectivity index is 3.16. The lowest BCUT2D eigenvalue weighted by atomic mass is 9.98. The van der Waals surface area contributed by atoms with E-state index in [0.29, 0.717) is 5.56 Å². The summed E-state index contributed by atoms with van der Waals surface area (Å²) < 4.78 is 24.8. The average Bonchev–Trinajstić information content (AvgIpc) is 2.16. The quantitative estimate of drug-likeness (QED) is 0.784. The molecule has 0 aromatic heterocycles. The minimum Gasteiger partial charge on any atom is -0.321 e. The van der Waals surface area contributed by atoms with Gasteiger partial charge in [-0.15, -0.1) is 0 Å². The summed E-state index contributed by atoms with van der Waals surface area (Å²) >= 11 is 0. The van der Waals surface area contributed by atoms with Crippen molar-refractivity contribution in [2.24, 2.45) is 5.73 Å². The lowest BCUT2D eigenvalue weighted by Gasteiger charge is -2.09. The van der Waals surface area contributed by atoms with Crippen LogP contribution in [-0.2, 0) is 0 Å². The van der Waals surface area contributed by atoms with E-state index in [-0.39, 0.29) is 16.9 Å². The molecule has 0 radical (unpaired) electrons. The van der Waals surface area contributed by atoms with Gasteiger partial charge in [0.1, 0.15) is 0 Å². The van der Waals surface area contributed by atoms with E-state index in [1.807, 2.05) is 0 Å². The maximum absolute atomic E-state index is 12.4. The number of benzene rings is 1. The Hall–Kier alpha value is -1.29. The van der Waals surface area contributed by atoms with Gasteiger partial charge in [0.15, 0.2) is 5.78 Å². The fourth-order valence-corrected chi connectivity index (χ4v) is 1.29. The minimum absolute atomic E-state index is 0.149. The molecule has 1 rings (SSSR count). The molecule has 0 saturated heterocycles. The van der Waals surface area contributed by atoms with Crippen LogP contribution in [0.15, 0.2) is 18.2 Å². The highest BCUT2D eigenvalue weighted by Gasteiger charge is 2.16. The Morgan fingerprint density at radius 2 is 2.00 bits per heavy atom. The first kappa shape index (κ1) is 11.8. The molecule has 15 heavy (non-hydrogen) atoms. The van der Waals surface area contributed by atoms with Crippen LogP contribution in [0.5, 0.6) is 0 Å². The molecule has 0 bridgehead atoms. The second-order valence-corrected chi connectivity index (χ2v) is 3.53. The molecular formula is C11H13F2NO. The van der Waals surface area contributed by atoms with Gasteiger partial charge < -0.3 is 5.73 Å². The number of hydrogen-bond donors (Lipinski definition) is 1. The number of aryl methyl sites for hydroxylation is 1. The summed E-state index contributed by atoms with van der Waals surface area (Å²) in [4.78, 5) is 11.6. The summed E-state index contributed by atoms with van der Waals surface area (Å²) in [6, 6.07) is 3.37. The molecule has 0 fully saturated rings. The molecule has 0 saturated carbocycles. The molecule has 0 heterocycles. The molecule has 1 aromatic rings. The van der Waals surface area contributed by atoms with Crippen molar-refractivity contribution in [1.82, 2.24) is 0 Å². The van der Waals surface area contributed by atoms with E-state index in [0.717, 1.165) is 0 Å². The fraction of sp³-hybridized carbons (Fsp3) is 0.364. The van der Waals surface area contributed by atoms with Crippen molar-refractivity contribution in [3.8, 4) is 0 Å². The van der Waals surface area contributed by atoms with Crippen LogP contribution >= 0.6 is 0 Å². The third-order valence-electron chi connectivity index (χ3n) is 2.19. The first-order valence-electron chi connectivity index (χ1n) is 4.62. The normalized spacial score (nSPS) is 12.9. The lowest BCUT2D eigenvalue weighted by molar-refractivity contribution is 0.0967. The van der Waals surface area contributed by atoms with E-state index in [1.165, 1.54) is 25.1 Å². The average molecular weight is 213 g/mol. The number of Topliss-reactive ketones (excluding diaryl/α,β-unsaturated/α-hetero) is 1. The molecule has 1 atom stereocenters. The Morgan fingerprint density at radius 1 is 1.40 bits per heavy atom. The van der Waals surface area contributed by atoms with Gasteiger partial charge >= 0.3 is 0 Å². The van der Waals surface area contributed by atoms with Gasteiger partial charge in [0, 0.05) is 11.1 Å². The van der Waals surface area contributed by atoms with Crippen LogP contribution in [0.4, 0.5) is 8.78 Å². The smallest absolute Gasteiger partial charge is 0.263 e. The second kappa shape index (κ2) is 4.49. The van der Waals surface area contributed by atoms with E-state index < -0.39 is 12.5 Å². The number of ketones is 1. The summed E-state index contributed by atoms with van der Waals surface area (Å²) in [5.74, 6) is -0.310. The molecule has 2 N–H and O–H groups in total. The molecule has 2 nitrogen and oxygen atoms in total. The minimum atomic E-state index is -2.56. The van der Waals surface area contributed by atoms with Crippen LogP contribution in [0.2, 0.25) is 0 Å². The Morgan fingerprint density at radius 3 is 2.47 bits per heavy atom. The first-order valence-corrected chi connectivity index (χ1v) is 4.62. The number of halogens is 2. The maximum Gasteiger partial charge on any atom is 0.263 e. The molecule has 0 aliphatic rings. The van der Waals surface area contributed by atoms with Crippen molar-refractivity contribution in [2.45, 2.75) is 26.3 Å². The zero-order valence-electron chi connectivity index (χ0n) is 8.63. The van der Waals surface area contributed by atoms with Gasteiger partial charge in [0.2, 0.25) is 0 Å². The molecule has 82 valence electrons. The molecule has 1 unspecified atom stereocenters. The van der Waals surface area contributed by atoms with Crippen LogP contribution < -0.4 is 5.73 Å². The fourth-order valence-electron chi connectivity index (χ4n) is 1.29. The predicted octanol–water partition coefficient (Wildman–Crippen LogP) is 2.46. The van der Waals surface area contributed by atoms with Crippen LogP contribution in [-0.4, -0.2) is 11.8 Å². The molecule has 0 spiro atoms. The second-order valence-electron chi connectivity index (χ2n) is 3.53. The largest absolute Gasteiger partial charge is 0.321 e. The van der Waals surface area contributed by atoms with Crippen LogP contribution in [0.25, 0.3) is 0 Å². The lowest BCUT2D eigenvalue weighted by Crippen LogP contribution is -2.27. The summed E-state index contributed by atoms with van der Waals surface area (Å²) in [6.07, 6.45) is -2.56. The highest BCUT2D eigenvalue weighted by Crippen LogP contribution is 2.22. The first-order chi connectivity index (χ1) is 6.93. The van der Waals surface area contributed by atoms with Crippen molar-refractivity contribution < 1.29 is 13.6 Å². The molecule has 0 aliphatic carbocycles. The predicted molar refractivity (Wildman–Crippen MR) is 54.1 cm³/mol. The van der Waals surface area contributed by atoms with Crippen molar-refractivity contribution in [3.63, 3.8) is 0 Å². The third-order valence-corrected chi connectivity index (χ3v) is 2.19. The number of alkyl halides is 2. The van der Waals surface area contributed by atoms with Crippen LogP contribution in [0.1, 0.15) is 34.8 Å². The molecule has 4 heteroatoms. The molecule has 1 aromatic carbocycles. The van der Waals surface area contributed by atoms with Gasteiger partial charge in [0.25, 0.3) is 6.43 Å². The Bertz CT molecular complexity index is 375. The van der Waals surface area contributed by atoms with Crippen molar-refractivity contribution in [2.75, 3.05) is 0 Å². The van der Waals surface area contributed by atoms with E-state index in [9.17, 15) is 13.6 Å². The highest BCUT2D eigenvalue weighted by molar-refractivity contribution is 6.01. The summed E-state index contributed by atoms with van der Waals surface area (Å²) in [5, 5.41) is 0. The monoisotopic (exact) mass is 213 g/mol. The summed E-state index contributed by atoms with van der Waals surface area (Å²) in [7, 11) is 0. The number of rotatable bonds is 3. The van der Waals surface area contributed by atoms with E-state index in [4.69, 9.17) is 5.73 Å². The van der Waals surface area contributed by atoms with E-state index >= 15 is 0 Å². The van der Waals surface area contributed by atoms with E-state index in [1.54, 1.807) is 6.92 Å². The van der Waals surface area contributed by atoms with Crippen LogP contribution in [0.3, 0.4) is 0 Å². The molecular weight excluding hydrogens is 200 g/mol. The number of hydrogen-bond acceptors (Lipinski definition) is 2. The number of carbonyl (C=O) groups is 1. The Labute approximate surface area is 87.1 Å². The van der Waals surface area contributed by atoms with Crippen LogP contribution in [0, 0.1) is 6.92 Å². The Kier molecular flexibility index (Phi) is 3.52. The highest BCUT2D eigenvalue weighted by atomic mass is 19.3. The SMILES string of the molecule is Cc1ccc(C(F)F)cc1C(=O)C(C)N. The maximum atomic E-state index is 12.4. The van der Waals surface area contributed by atoms with E-state index in [2.05, 4.69) is 0 Å². The molecule has 0 amide bonds. The van der Waals surface area contributed by atoms with Crippen molar-refractivity contribution in [3.05, 3.63) is 34.9 Å². The molecule has 0 aliphatic heterocycles. The summed E-state index contributed by atoms with van der Waals surface area (Å²) in [6.45, 7) is 3.24.